The second-order valence-corrected chi connectivity index (χ2v) is 7.17. The minimum Gasteiger partial charge on any atom is -0.375 e. The summed E-state index contributed by atoms with van der Waals surface area (Å²) in [4.78, 5) is 23.4. The van der Waals surface area contributed by atoms with Gasteiger partial charge in [0.25, 0.3) is 5.91 Å². The van der Waals surface area contributed by atoms with Gasteiger partial charge in [-0.15, -0.1) is 0 Å². The summed E-state index contributed by atoms with van der Waals surface area (Å²) in [5, 5.41) is 4.62. The molecule has 0 aliphatic carbocycles. The molecule has 1 saturated heterocycles. The Hall–Kier alpha value is -2.48. The second-order valence-electron chi connectivity index (χ2n) is 6.10. The number of nitrogens with two attached hydrogens (primary N) is 1. The van der Waals surface area contributed by atoms with Crippen molar-refractivity contribution >= 4 is 32.7 Å². The number of nitrogen functional groups attached to an aromatic ring is 1. The first kappa shape index (κ1) is 15.1. The molecule has 7 nitrogen and oxygen atoms in total. The van der Waals surface area contributed by atoms with E-state index in [9.17, 15) is 4.79 Å². The lowest BCUT2D eigenvalue weighted by atomic mass is 9.94. The van der Waals surface area contributed by atoms with Gasteiger partial charge in [0, 0.05) is 37.9 Å². The van der Waals surface area contributed by atoms with Crippen molar-refractivity contribution in [3.05, 3.63) is 35.8 Å². The van der Waals surface area contributed by atoms with Crippen molar-refractivity contribution in [2.75, 3.05) is 18.8 Å². The van der Waals surface area contributed by atoms with Crippen molar-refractivity contribution in [1.82, 2.24) is 24.6 Å². The van der Waals surface area contributed by atoms with E-state index >= 15 is 0 Å². The zero-order valence-electron chi connectivity index (χ0n) is 13.3. The van der Waals surface area contributed by atoms with Crippen LogP contribution >= 0.6 is 11.3 Å². The molecule has 0 saturated carbocycles. The average molecular weight is 342 g/mol. The molecule has 1 aliphatic heterocycles. The van der Waals surface area contributed by atoms with Crippen molar-refractivity contribution in [3.63, 3.8) is 0 Å². The first-order valence-electron chi connectivity index (χ1n) is 7.91. The van der Waals surface area contributed by atoms with E-state index in [0.717, 1.165) is 29.8 Å². The molecule has 1 fully saturated rings. The number of aromatic nitrogens is 4. The maximum atomic E-state index is 12.6. The Morgan fingerprint density at radius 3 is 3.04 bits per heavy atom. The predicted octanol–water partition coefficient (Wildman–Crippen LogP) is 2.03. The number of aryl methyl sites for hydroxylation is 1. The Morgan fingerprint density at radius 1 is 1.38 bits per heavy atom. The molecule has 0 aromatic carbocycles. The Morgan fingerprint density at radius 2 is 2.25 bits per heavy atom. The number of anilines is 1. The molecule has 3 aromatic heterocycles. The molecule has 2 N–H and O–H groups in total. The molecule has 0 bridgehead atoms. The van der Waals surface area contributed by atoms with Gasteiger partial charge in [0.1, 0.15) is 0 Å². The third-order valence-electron chi connectivity index (χ3n) is 4.37. The highest BCUT2D eigenvalue weighted by Crippen LogP contribution is 2.29. The molecular formula is C16H18N6OS. The highest BCUT2D eigenvalue weighted by atomic mass is 32.1. The monoisotopic (exact) mass is 342 g/mol. The fraction of sp³-hybridized carbons (Fsp3) is 0.375. The third-order valence-corrected chi connectivity index (χ3v) is 5.21. The van der Waals surface area contributed by atoms with Crippen molar-refractivity contribution in [2.45, 2.75) is 18.8 Å². The molecule has 0 radical (unpaired) electrons. The van der Waals surface area contributed by atoms with Gasteiger partial charge in [-0.05, 0) is 25.0 Å². The summed E-state index contributed by atoms with van der Waals surface area (Å²) in [6, 6.07) is 4.05. The first-order chi connectivity index (χ1) is 11.6. The summed E-state index contributed by atoms with van der Waals surface area (Å²) in [5.74, 6) is 0.262. The molecule has 1 aliphatic rings. The first-order valence-corrected chi connectivity index (χ1v) is 8.72. The lowest BCUT2D eigenvalue weighted by Gasteiger charge is -2.32. The van der Waals surface area contributed by atoms with Gasteiger partial charge in [0.2, 0.25) is 0 Å². The molecule has 0 spiro atoms. The fourth-order valence-electron chi connectivity index (χ4n) is 3.19. The quantitative estimate of drug-likeness (QED) is 0.769. The zero-order chi connectivity index (χ0) is 16.7. The van der Waals surface area contributed by atoms with E-state index in [1.807, 2.05) is 24.1 Å². The number of hydrogen-bond donors (Lipinski definition) is 1. The number of hydrogen-bond acceptors (Lipinski definition) is 6. The van der Waals surface area contributed by atoms with Gasteiger partial charge in [-0.1, -0.05) is 11.3 Å². The molecule has 4 heterocycles. The molecule has 8 heteroatoms. The van der Waals surface area contributed by atoms with Crippen molar-refractivity contribution < 1.29 is 4.79 Å². The van der Waals surface area contributed by atoms with E-state index in [4.69, 9.17) is 5.73 Å². The van der Waals surface area contributed by atoms with Crippen LogP contribution in [-0.2, 0) is 7.05 Å². The molecule has 1 unspecified atom stereocenters. The topological polar surface area (TPSA) is 89.9 Å². The standard InChI is InChI=1S/C16H18N6OS/c1-21-8-11(7-18-21)15(23)22-6-2-3-10(9-22)12-4-5-13-14(19-12)20-16(17)24-13/h4-5,7-8,10H,2-3,6,9H2,1H3,(H2,17,19,20). The molecule has 3 aromatic rings. The third kappa shape index (κ3) is 2.73. The van der Waals surface area contributed by atoms with E-state index in [1.165, 1.54) is 11.3 Å². The SMILES string of the molecule is Cn1cc(C(=O)N2CCCC(c3ccc4sc(N)nc4n3)C2)cn1. The van der Waals surface area contributed by atoms with Crippen LogP contribution in [0.1, 0.15) is 34.8 Å². The molecule has 1 atom stereocenters. The molecule has 24 heavy (non-hydrogen) atoms. The van der Waals surface area contributed by atoms with Crippen LogP contribution in [0.2, 0.25) is 0 Å². The number of amides is 1. The minimum atomic E-state index is 0.0341. The number of carbonyl (C=O) groups is 1. The number of fused-ring (bicyclic) bond motifs is 1. The number of carbonyl (C=O) groups excluding carboxylic acids is 1. The van der Waals surface area contributed by atoms with Crippen LogP contribution < -0.4 is 5.73 Å². The van der Waals surface area contributed by atoms with Gasteiger partial charge in [0.15, 0.2) is 10.8 Å². The molecular weight excluding hydrogens is 324 g/mol. The maximum absolute atomic E-state index is 12.6. The van der Waals surface area contributed by atoms with Crippen LogP contribution in [0.4, 0.5) is 5.13 Å². The summed E-state index contributed by atoms with van der Waals surface area (Å²) in [5.41, 5.74) is 8.07. The van der Waals surface area contributed by atoms with Crippen LogP contribution in [0, 0.1) is 0 Å². The van der Waals surface area contributed by atoms with Gasteiger partial charge in [-0.3, -0.25) is 9.48 Å². The van der Waals surface area contributed by atoms with Gasteiger partial charge in [-0.2, -0.15) is 5.10 Å². The summed E-state index contributed by atoms with van der Waals surface area (Å²) < 4.78 is 2.65. The van der Waals surface area contributed by atoms with Crippen LogP contribution in [0.5, 0.6) is 0 Å². The largest absolute Gasteiger partial charge is 0.375 e. The van der Waals surface area contributed by atoms with Gasteiger partial charge in [-0.25, -0.2) is 9.97 Å². The summed E-state index contributed by atoms with van der Waals surface area (Å²) in [6.45, 7) is 1.45. The average Bonchev–Trinajstić information content (AvgIpc) is 3.18. The van der Waals surface area contributed by atoms with Crippen LogP contribution in [-0.4, -0.2) is 43.6 Å². The highest BCUT2D eigenvalue weighted by Gasteiger charge is 2.27. The van der Waals surface area contributed by atoms with Crippen molar-refractivity contribution in [2.24, 2.45) is 7.05 Å². The molecule has 4 rings (SSSR count). The Bertz CT molecular complexity index is 901. The van der Waals surface area contributed by atoms with Gasteiger partial charge < -0.3 is 10.6 Å². The second kappa shape index (κ2) is 5.86. The van der Waals surface area contributed by atoms with E-state index in [2.05, 4.69) is 15.1 Å². The summed E-state index contributed by atoms with van der Waals surface area (Å²) in [7, 11) is 1.81. The van der Waals surface area contributed by atoms with Crippen LogP contribution in [0.3, 0.4) is 0 Å². The number of pyridine rings is 1. The maximum Gasteiger partial charge on any atom is 0.257 e. The van der Waals surface area contributed by atoms with Gasteiger partial charge >= 0.3 is 0 Å². The number of piperidine rings is 1. The van der Waals surface area contributed by atoms with E-state index in [1.54, 1.807) is 17.1 Å². The molecule has 1 amide bonds. The Balaban J connectivity index is 1.56. The van der Waals surface area contributed by atoms with Crippen molar-refractivity contribution in [1.29, 1.82) is 0 Å². The minimum absolute atomic E-state index is 0.0341. The predicted molar refractivity (Wildman–Crippen MR) is 92.9 cm³/mol. The highest BCUT2D eigenvalue weighted by molar-refractivity contribution is 7.21. The lowest BCUT2D eigenvalue weighted by Crippen LogP contribution is -2.39. The number of rotatable bonds is 2. The summed E-state index contributed by atoms with van der Waals surface area (Å²) in [6.07, 6.45) is 5.37. The van der Waals surface area contributed by atoms with Crippen LogP contribution in [0.25, 0.3) is 10.3 Å². The summed E-state index contributed by atoms with van der Waals surface area (Å²) >= 11 is 1.44. The number of likely N-dealkylation sites (tertiary alicyclic amines) is 1. The normalized spacial score (nSPS) is 18.2. The van der Waals surface area contributed by atoms with E-state index in [0.29, 0.717) is 22.9 Å². The fourth-order valence-corrected chi connectivity index (χ4v) is 3.87. The lowest BCUT2D eigenvalue weighted by molar-refractivity contribution is 0.0706. The Labute approximate surface area is 143 Å². The zero-order valence-corrected chi connectivity index (χ0v) is 14.2. The van der Waals surface area contributed by atoms with Gasteiger partial charge in [0.05, 0.1) is 16.5 Å². The number of nitrogens with zero attached hydrogens (tertiary/aromatic N) is 5. The number of thiazole rings is 1. The van der Waals surface area contributed by atoms with E-state index in [-0.39, 0.29) is 11.8 Å². The van der Waals surface area contributed by atoms with Crippen molar-refractivity contribution in [3.8, 4) is 0 Å². The Kier molecular flexibility index (Phi) is 3.68. The van der Waals surface area contributed by atoms with E-state index < -0.39 is 0 Å². The van der Waals surface area contributed by atoms with Crippen LogP contribution in [0.15, 0.2) is 24.5 Å². The molecule has 124 valence electrons. The smallest absolute Gasteiger partial charge is 0.257 e.